The Morgan fingerprint density at radius 3 is 2.33 bits per heavy atom. The highest BCUT2D eigenvalue weighted by molar-refractivity contribution is 9.10. The highest BCUT2D eigenvalue weighted by Crippen LogP contribution is 2.24. The number of hydrazine groups is 1. The van der Waals surface area contributed by atoms with E-state index in [1.165, 1.54) is 24.3 Å². The van der Waals surface area contributed by atoms with Crippen molar-refractivity contribution in [3.63, 3.8) is 0 Å². The molecule has 1 heterocycles. The predicted octanol–water partition coefficient (Wildman–Crippen LogP) is 1.92. The van der Waals surface area contributed by atoms with Gasteiger partial charge in [-0.2, -0.15) is 0 Å². The minimum Gasteiger partial charge on any atom is -0.287 e. The largest absolute Gasteiger partial charge is 0.287 e. The standard InChI is InChI=1S/C17H13BrN4O5/c18-11-3-7-12(8-4-11)21-15(23)9-14(17(21)25)19-20-16(24)10-1-5-13(6-2-10)22(26)27/h1-8,14,19H,9H2,(H,20,24)/t14-/m1/s1. The van der Waals surface area contributed by atoms with E-state index >= 15 is 0 Å². The van der Waals surface area contributed by atoms with Gasteiger partial charge in [-0.3, -0.25) is 29.9 Å². The summed E-state index contributed by atoms with van der Waals surface area (Å²) in [6, 6.07) is 10.8. The van der Waals surface area contributed by atoms with E-state index in [0.717, 1.165) is 9.37 Å². The van der Waals surface area contributed by atoms with E-state index in [9.17, 15) is 24.5 Å². The van der Waals surface area contributed by atoms with Crippen LogP contribution in [0.3, 0.4) is 0 Å². The highest BCUT2D eigenvalue weighted by Gasteiger charge is 2.39. The summed E-state index contributed by atoms with van der Waals surface area (Å²) in [5.74, 6) is -1.44. The summed E-state index contributed by atoms with van der Waals surface area (Å²) >= 11 is 3.29. The number of halogens is 1. The van der Waals surface area contributed by atoms with Gasteiger partial charge in [0, 0.05) is 22.2 Å². The maximum atomic E-state index is 12.5. The summed E-state index contributed by atoms with van der Waals surface area (Å²) in [5.41, 5.74) is 5.39. The van der Waals surface area contributed by atoms with Crippen LogP contribution in [0.2, 0.25) is 0 Å². The molecule has 0 bridgehead atoms. The monoisotopic (exact) mass is 432 g/mol. The lowest BCUT2D eigenvalue weighted by Gasteiger charge is -2.16. The Bertz CT molecular complexity index is 914. The molecule has 2 aromatic carbocycles. The van der Waals surface area contributed by atoms with Crippen LogP contribution in [0.25, 0.3) is 0 Å². The Labute approximate surface area is 161 Å². The van der Waals surface area contributed by atoms with Crippen molar-refractivity contribution < 1.29 is 19.3 Å². The van der Waals surface area contributed by atoms with Crippen molar-refractivity contribution in [3.05, 3.63) is 68.7 Å². The second-order valence-electron chi connectivity index (χ2n) is 5.70. The molecule has 138 valence electrons. The molecule has 10 heteroatoms. The fraction of sp³-hybridized carbons (Fsp3) is 0.118. The molecule has 1 saturated heterocycles. The normalized spacial score (nSPS) is 16.5. The Balaban J connectivity index is 1.63. The lowest BCUT2D eigenvalue weighted by atomic mass is 10.2. The Morgan fingerprint density at radius 1 is 1.11 bits per heavy atom. The van der Waals surface area contributed by atoms with E-state index < -0.39 is 22.8 Å². The van der Waals surface area contributed by atoms with Gasteiger partial charge in [-0.15, -0.1) is 0 Å². The molecule has 1 aliphatic heterocycles. The van der Waals surface area contributed by atoms with Crippen LogP contribution in [0.15, 0.2) is 53.0 Å². The third kappa shape index (κ3) is 4.01. The topological polar surface area (TPSA) is 122 Å². The van der Waals surface area contributed by atoms with Gasteiger partial charge in [0.2, 0.25) is 5.91 Å². The van der Waals surface area contributed by atoms with Crippen LogP contribution < -0.4 is 15.8 Å². The third-order valence-corrected chi connectivity index (χ3v) is 4.46. The first-order valence-electron chi connectivity index (χ1n) is 7.79. The molecule has 0 radical (unpaired) electrons. The lowest BCUT2D eigenvalue weighted by molar-refractivity contribution is -0.384. The molecule has 9 nitrogen and oxygen atoms in total. The number of benzene rings is 2. The van der Waals surface area contributed by atoms with Gasteiger partial charge in [-0.05, 0) is 36.4 Å². The summed E-state index contributed by atoms with van der Waals surface area (Å²) < 4.78 is 0.815. The number of hydrogen-bond donors (Lipinski definition) is 2. The number of anilines is 1. The fourth-order valence-electron chi connectivity index (χ4n) is 2.57. The van der Waals surface area contributed by atoms with E-state index in [1.54, 1.807) is 24.3 Å². The number of nitro benzene ring substituents is 1. The molecule has 2 N–H and O–H groups in total. The second kappa shape index (κ2) is 7.64. The Hall–Kier alpha value is -3.11. The fourth-order valence-corrected chi connectivity index (χ4v) is 2.83. The molecule has 0 unspecified atom stereocenters. The number of non-ortho nitro benzene ring substituents is 1. The summed E-state index contributed by atoms with van der Waals surface area (Å²) in [6.45, 7) is 0. The van der Waals surface area contributed by atoms with Gasteiger partial charge in [0.15, 0.2) is 0 Å². The van der Waals surface area contributed by atoms with E-state index in [0.29, 0.717) is 5.69 Å². The number of imide groups is 1. The molecular weight excluding hydrogens is 420 g/mol. The van der Waals surface area contributed by atoms with Gasteiger partial charge < -0.3 is 0 Å². The molecular formula is C17H13BrN4O5. The average Bonchev–Trinajstić information content (AvgIpc) is 2.94. The summed E-state index contributed by atoms with van der Waals surface area (Å²) in [7, 11) is 0. The summed E-state index contributed by atoms with van der Waals surface area (Å²) in [4.78, 5) is 47.9. The minimum atomic E-state index is -0.900. The van der Waals surface area contributed by atoms with E-state index in [4.69, 9.17) is 0 Å². The molecule has 1 atom stereocenters. The second-order valence-corrected chi connectivity index (χ2v) is 6.62. The number of carbonyl (C=O) groups excluding carboxylic acids is 3. The summed E-state index contributed by atoms with van der Waals surface area (Å²) in [6.07, 6.45) is -0.102. The molecule has 1 fully saturated rings. The van der Waals surface area contributed by atoms with Gasteiger partial charge in [0.05, 0.1) is 17.0 Å². The molecule has 0 spiro atoms. The molecule has 3 amide bonds. The van der Waals surface area contributed by atoms with Gasteiger partial charge in [0.1, 0.15) is 6.04 Å². The number of nitrogens with one attached hydrogen (secondary N) is 2. The van der Waals surface area contributed by atoms with Crippen LogP contribution in [-0.4, -0.2) is 28.7 Å². The van der Waals surface area contributed by atoms with Gasteiger partial charge in [-0.25, -0.2) is 10.3 Å². The van der Waals surface area contributed by atoms with Gasteiger partial charge >= 0.3 is 0 Å². The lowest BCUT2D eigenvalue weighted by Crippen LogP contribution is -2.48. The maximum Gasteiger partial charge on any atom is 0.269 e. The summed E-state index contributed by atoms with van der Waals surface area (Å²) in [5, 5.41) is 10.6. The molecule has 27 heavy (non-hydrogen) atoms. The van der Waals surface area contributed by atoms with Crippen molar-refractivity contribution in [1.82, 2.24) is 10.9 Å². The number of hydrogen-bond acceptors (Lipinski definition) is 6. The zero-order valence-corrected chi connectivity index (χ0v) is 15.3. The first-order valence-corrected chi connectivity index (χ1v) is 8.59. The van der Waals surface area contributed by atoms with Crippen LogP contribution in [-0.2, 0) is 9.59 Å². The smallest absolute Gasteiger partial charge is 0.269 e. The molecule has 0 saturated carbocycles. The van der Waals surface area contributed by atoms with Crippen LogP contribution in [0, 0.1) is 10.1 Å². The predicted molar refractivity (Wildman–Crippen MR) is 98.7 cm³/mol. The third-order valence-electron chi connectivity index (χ3n) is 3.93. The molecule has 0 aliphatic carbocycles. The zero-order chi connectivity index (χ0) is 19.6. The maximum absolute atomic E-state index is 12.5. The number of rotatable bonds is 5. The van der Waals surface area contributed by atoms with Crippen molar-refractivity contribution in [1.29, 1.82) is 0 Å². The van der Waals surface area contributed by atoms with Gasteiger partial charge in [-0.1, -0.05) is 15.9 Å². The van der Waals surface area contributed by atoms with Crippen molar-refractivity contribution in [3.8, 4) is 0 Å². The van der Waals surface area contributed by atoms with Crippen molar-refractivity contribution in [2.75, 3.05) is 4.90 Å². The van der Waals surface area contributed by atoms with Crippen molar-refractivity contribution >= 4 is 45.0 Å². The molecule has 1 aliphatic rings. The van der Waals surface area contributed by atoms with E-state index in [2.05, 4.69) is 26.8 Å². The number of amides is 3. The zero-order valence-electron chi connectivity index (χ0n) is 13.7. The average molecular weight is 433 g/mol. The first kappa shape index (κ1) is 18.7. The number of nitrogens with zero attached hydrogens (tertiary/aromatic N) is 2. The van der Waals surface area contributed by atoms with Crippen LogP contribution in [0.5, 0.6) is 0 Å². The van der Waals surface area contributed by atoms with Crippen LogP contribution >= 0.6 is 15.9 Å². The van der Waals surface area contributed by atoms with Crippen molar-refractivity contribution in [2.45, 2.75) is 12.5 Å². The van der Waals surface area contributed by atoms with E-state index in [-0.39, 0.29) is 23.6 Å². The molecule has 3 rings (SSSR count). The highest BCUT2D eigenvalue weighted by atomic mass is 79.9. The van der Waals surface area contributed by atoms with Crippen LogP contribution in [0.1, 0.15) is 16.8 Å². The minimum absolute atomic E-state index is 0.102. The number of carbonyl (C=O) groups is 3. The number of nitro groups is 1. The Morgan fingerprint density at radius 2 is 1.74 bits per heavy atom. The SMILES string of the molecule is O=C(NN[C@@H]1CC(=O)N(c2ccc(Br)cc2)C1=O)c1ccc([N+](=O)[O-])cc1. The quantitative estimate of drug-likeness (QED) is 0.422. The van der Waals surface area contributed by atoms with E-state index in [1.807, 2.05) is 0 Å². The van der Waals surface area contributed by atoms with Crippen LogP contribution in [0.4, 0.5) is 11.4 Å². The molecule has 0 aromatic heterocycles. The van der Waals surface area contributed by atoms with Crippen molar-refractivity contribution in [2.24, 2.45) is 0 Å². The Kier molecular flexibility index (Phi) is 5.28. The van der Waals surface area contributed by atoms with Gasteiger partial charge in [0.25, 0.3) is 17.5 Å². The first-order chi connectivity index (χ1) is 12.9. The molecule has 2 aromatic rings.